The normalized spacial score (nSPS) is 12.1. The van der Waals surface area contributed by atoms with Gasteiger partial charge in [0, 0.05) is 18.7 Å². The molecule has 0 aromatic rings. The minimum Gasteiger partial charge on any atom is -0.467 e. The molecule has 4 nitrogen and oxygen atoms in total. The van der Waals surface area contributed by atoms with Crippen LogP contribution >= 0.6 is 0 Å². The maximum Gasteiger partial charge on any atom is 0.293 e. The molecule has 116 valence electrons. The average Bonchev–Trinajstić information content (AvgIpc) is 2.42. The van der Waals surface area contributed by atoms with Crippen molar-refractivity contribution in [3.63, 3.8) is 0 Å². The number of hydrogen-bond donors (Lipinski definition) is 0. The number of allylic oxidation sites excluding steroid dienone is 5. The van der Waals surface area contributed by atoms with Crippen LogP contribution < -0.4 is 0 Å². The van der Waals surface area contributed by atoms with Gasteiger partial charge in [0.2, 0.25) is 0 Å². The van der Waals surface area contributed by atoms with Crippen molar-refractivity contribution in [2.75, 3.05) is 13.2 Å². The van der Waals surface area contributed by atoms with E-state index in [1.807, 2.05) is 45.9 Å². The fourth-order valence-corrected chi connectivity index (χ4v) is 1.70. The van der Waals surface area contributed by atoms with Crippen LogP contribution in [0, 0.1) is 5.41 Å². The van der Waals surface area contributed by atoms with Gasteiger partial charge < -0.3 is 4.74 Å². The Morgan fingerprint density at radius 3 is 2.48 bits per heavy atom. The van der Waals surface area contributed by atoms with Crippen molar-refractivity contribution >= 4 is 13.2 Å². The number of carbonyl (C=O) groups is 1. The van der Waals surface area contributed by atoms with Crippen LogP contribution in [0.1, 0.15) is 27.7 Å². The molecule has 0 fully saturated rings. The molecule has 0 rings (SSSR count). The Bertz CT molecular complexity index is 459. The van der Waals surface area contributed by atoms with Crippen LogP contribution in [0.15, 0.2) is 53.3 Å². The van der Waals surface area contributed by atoms with E-state index in [1.54, 1.807) is 5.01 Å². The van der Waals surface area contributed by atoms with Gasteiger partial charge in [-0.15, -0.1) is 0 Å². The molecule has 0 saturated heterocycles. The summed E-state index contributed by atoms with van der Waals surface area (Å²) in [5.74, 6) is 0. The first kappa shape index (κ1) is 18.9. The van der Waals surface area contributed by atoms with Crippen molar-refractivity contribution in [1.82, 2.24) is 5.01 Å². The fourth-order valence-electron chi connectivity index (χ4n) is 1.70. The smallest absolute Gasteiger partial charge is 0.293 e. The van der Waals surface area contributed by atoms with Gasteiger partial charge in [-0.05, 0) is 31.1 Å². The molecular formula is C17H26N2O2. The summed E-state index contributed by atoms with van der Waals surface area (Å²) in [7, 11) is 0. The minimum absolute atomic E-state index is 0.257. The van der Waals surface area contributed by atoms with Crippen LogP contribution in [0.2, 0.25) is 0 Å². The summed E-state index contributed by atoms with van der Waals surface area (Å²) >= 11 is 0. The van der Waals surface area contributed by atoms with Gasteiger partial charge in [-0.2, -0.15) is 5.10 Å². The lowest BCUT2D eigenvalue weighted by molar-refractivity contribution is -0.131. The summed E-state index contributed by atoms with van der Waals surface area (Å²) < 4.78 is 4.84. The maximum absolute atomic E-state index is 10.3. The highest BCUT2D eigenvalue weighted by molar-refractivity contribution is 5.39. The van der Waals surface area contributed by atoms with Gasteiger partial charge in [-0.25, -0.2) is 0 Å². The van der Waals surface area contributed by atoms with Gasteiger partial charge in [0.05, 0.1) is 12.3 Å². The number of nitrogens with zero attached hydrogens (tertiary/aromatic N) is 2. The Kier molecular flexibility index (Phi) is 8.06. The summed E-state index contributed by atoms with van der Waals surface area (Å²) in [6.45, 7) is 20.8. The first-order valence-electron chi connectivity index (χ1n) is 6.76. The predicted molar refractivity (Wildman–Crippen MR) is 88.9 cm³/mol. The van der Waals surface area contributed by atoms with E-state index in [1.165, 1.54) is 0 Å². The lowest BCUT2D eigenvalue weighted by Crippen LogP contribution is -2.33. The maximum atomic E-state index is 10.3. The number of hydrogen-bond acceptors (Lipinski definition) is 4. The highest BCUT2D eigenvalue weighted by atomic mass is 16.5. The monoisotopic (exact) mass is 290 g/mol. The van der Waals surface area contributed by atoms with Crippen molar-refractivity contribution in [3.8, 4) is 0 Å². The minimum atomic E-state index is -0.257. The molecule has 0 heterocycles. The van der Waals surface area contributed by atoms with Gasteiger partial charge >= 0.3 is 0 Å². The largest absolute Gasteiger partial charge is 0.467 e. The SMILES string of the molecule is C=NN(CC(C)(C)COC=O)C(=C)/C=C(\C)C(=C)/C=C/C. The van der Waals surface area contributed by atoms with E-state index < -0.39 is 0 Å². The summed E-state index contributed by atoms with van der Waals surface area (Å²) in [5.41, 5.74) is 2.39. The molecule has 4 heteroatoms. The van der Waals surface area contributed by atoms with Gasteiger partial charge in [-0.3, -0.25) is 9.80 Å². The molecule has 0 N–H and O–H groups in total. The highest BCUT2D eigenvalue weighted by Gasteiger charge is 2.23. The van der Waals surface area contributed by atoms with E-state index in [0.29, 0.717) is 25.3 Å². The number of hydrazone groups is 1. The third-order valence-electron chi connectivity index (χ3n) is 2.88. The second kappa shape index (κ2) is 8.95. The van der Waals surface area contributed by atoms with Crippen molar-refractivity contribution in [2.45, 2.75) is 27.7 Å². The summed E-state index contributed by atoms with van der Waals surface area (Å²) in [4.78, 5) is 10.3. The quantitative estimate of drug-likeness (QED) is 0.267. The van der Waals surface area contributed by atoms with Crippen molar-refractivity contribution < 1.29 is 9.53 Å². The molecule has 0 saturated carbocycles. The third-order valence-corrected chi connectivity index (χ3v) is 2.88. The number of ether oxygens (including phenoxy) is 1. The summed E-state index contributed by atoms with van der Waals surface area (Å²) in [6, 6.07) is 0. The molecule has 0 bridgehead atoms. The van der Waals surface area contributed by atoms with Crippen molar-refractivity contribution in [2.24, 2.45) is 10.5 Å². The van der Waals surface area contributed by atoms with Gasteiger partial charge in [0.25, 0.3) is 6.47 Å². The van der Waals surface area contributed by atoms with Crippen molar-refractivity contribution in [1.29, 1.82) is 0 Å². The molecule has 0 aliphatic rings. The standard InChI is InChI=1S/C17H26N2O2/c1-8-9-14(2)15(3)10-16(4)19(18-7)11-17(5,6)12-21-13-20/h8-10,13H,2,4,7,11-12H2,1,3,5-6H3/b9-8+,15-10+. The number of rotatable bonds is 10. The molecule has 0 unspecified atom stereocenters. The predicted octanol–water partition coefficient (Wildman–Crippen LogP) is 3.70. The van der Waals surface area contributed by atoms with Crippen LogP contribution in [0.5, 0.6) is 0 Å². The van der Waals surface area contributed by atoms with Gasteiger partial charge in [0.1, 0.15) is 0 Å². The van der Waals surface area contributed by atoms with E-state index in [2.05, 4.69) is 25.0 Å². The Morgan fingerprint density at radius 1 is 1.38 bits per heavy atom. The molecule has 21 heavy (non-hydrogen) atoms. The lowest BCUT2D eigenvalue weighted by Gasteiger charge is -2.30. The Hall–Kier alpha value is -2.10. The fraction of sp³-hybridized carbons (Fsp3) is 0.412. The van der Waals surface area contributed by atoms with E-state index in [-0.39, 0.29) is 5.41 Å². The van der Waals surface area contributed by atoms with E-state index >= 15 is 0 Å². The van der Waals surface area contributed by atoms with Crippen LogP contribution in [-0.4, -0.2) is 31.4 Å². The summed E-state index contributed by atoms with van der Waals surface area (Å²) in [6.07, 6.45) is 5.78. The highest BCUT2D eigenvalue weighted by Crippen LogP contribution is 2.21. The average molecular weight is 290 g/mol. The third kappa shape index (κ3) is 7.30. The zero-order chi connectivity index (χ0) is 16.5. The van der Waals surface area contributed by atoms with Crippen LogP contribution in [0.4, 0.5) is 0 Å². The van der Waals surface area contributed by atoms with E-state index in [9.17, 15) is 4.79 Å². The molecule has 0 amide bonds. The van der Waals surface area contributed by atoms with Crippen molar-refractivity contribution in [3.05, 3.63) is 48.2 Å². The van der Waals surface area contributed by atoms with Gasteiger partial charge in [-0.1, -0.05) is 39.2 Å². The number of carbonyl (C=O) groups excluding carboxylic acids is 1. The van der Waals surface area contributed by atoms with E-state index in [0.717, 1.165) is 11.1 Å². The zero-order valence-corrected chi connectivity index (χ0v) is 13.6. The second-order valence-corrected chi connectivity index (χ2v) is 5.61. The topological polar surface area (TPSA) is 41.9 Å². The lowest BCUT2D eigenvalue weighted by atomic mass is 9.94. The Labute approximate surface area is 128 Å². The molecule has 0 atom stereocenters. The van der Waals surface area contributed by atoms with Crippen LogP contribution in [0.25, 0.3) is 0 Å². The zero-order valence-electron chi connectivity index (χ0n) is 13.6. The Morgan fingerprint density at radius 2 is 2.00 bits per heavy atom. The molecule has 0 radical (unpaired) electrons. The molecule has 0 aromatic carbocycles. The first-order chi connectivity index (χ1) is 9.77. The molecular weight excluding hydrogens is 264 g/mol. The Balaban J connectivity index is 4.92. The molecule has 0 aromatic heterocycles. The molecule has 0 spiro atoms. The molecule has 0 aliphatic heterocycles. The molecule has 0 aliphatic carbocycles. The van der Waals surface area contributed by atoms with Gasteiger partial charge in [0.15, 0.2) is 0 Å². The second-order valence-electron chi connectivity index (χ2n) is 5.61. The first-order valence-corrected chi connectivity index (χ1v) is 6.76. The van der Waals surface area contributed by atoms with Crippen LogP contribution in [0.3, 0.4) is 0 Å². The van der Waals surface area contributed by atoms with E-state index in [4.69, 9.17) is 4.74 Å². The van der Waals surface area contributed by atoms with Crippen LogP contribution in [-0.2, 0) is 9.53 Å². The summed E-state index contributed by atoms with van der Waals surface area (Å²) in [5, 5.41) is 5.68.